The van der Waals surface area contributed by atoms with Gasteiger partial charge in [0.15, 0.2) is 0 Å². The summed E-state index contributed by atoms with van der Waals surface area (Å²) in [6.45, 7) is 0.978. The summed E-state index contributed by atoms with van der Waals surface area (Å²) in [6, 6.07) is 0. The van der Waals surface area contributed by atoms with E-state index < -0.39 is 0 Å². The number of nitrogens with one attached hydrogen (secondary N) is 1. The second-order valence-corrected chi connectivity index (χ2v) is 5.57. The molecule has 0 spiro atoms. The molecule has 0 bridgehead atoms. The third kappa shape index (κ3) is 2.39. The van der Waals surface area contributed by atoms with Crippen LogP contribution in [-0.4, -0.2) is 24.7 Å². The molecule has 1 unspecified atom stereocenters. The van der Waals surface area contributed by atoms with E-state index >= 15 is 0 Å². The number of methoxy groups -OCH3 is 1. The van der Waals surface area contributed by atoms with Gasteiger partial charge in [-0.3, -0.25) is 0 Å². The fraction of sp³-hybridized carbons (Fsp3) is 1.00. The molecule has 1 fully saturated rings. The van der Waals surface area contributed by atoms with E-state index in [2.05, 4.69) is 10.6 Å². The zero-order valence-electron chi connectivity index (χ0n) is 5.86. The monoisotopic (exact) mass is 242 g/mol. The summed E-state index contributed by atoms with van der Waals surface area (Å²) in [7, 11) is 3.84. The van der Waals surface area contributed by atoms with E-state index in [9.17, 15) is 0 Å². The van der Waals surface area contributed by atoms with Crippen LogP contribution in [-0.2, 0) is 4.74 Å². The van der Waals surface area contributed by atoms with E-state index in [-0.39, 0.29) is 0 Å². The van der Waals surface area contributed by atoms with Crippen molar-refractivity contribution >= 4 is 0 Å². The second kappa shape index (κ2) is 3.73. The van der Waals surface area contributed by atoms with Gasteiger partial charge in [0, 0.05) is 0 Å². The van der Waals surface area contributed by atoms with Gasteiger partial charge in [0.05, 0.1) is 0 Å². The van der Waals surface area contributed by atoms with Gasteiger partial charge in [0.1, 0.15) is 0 Å². The molecule has 3 heteroatoms. The number of ether oxygens (including phenoxy) is 1. The van der Waals surface area contributed by atoms with Gasteiger partial charge >= 0.3 is 66.8 Å². The van der Waals surface area contributed by atoms with Crippen LogP contribution in [0.5, 0.6) is 0 Å². The molecule has 56 valence electrons. The Labute approximate surface area is 67.0 Å². The SMILES string of the molecule is CN[I-]C1C[C@@H]1COC. The third-order valence-electron chi connectivity index (χ3n) is 1.47. The Morgan fingerprint density at radius 1 is 1.78 bits per heavy atom. The Kier molecular flexibility index (Phi) is 3.21. The van der Waals surface area contributed by atoms with Gasteiger partial charge < -0.3 is 0 Å². The van der Waals surface area contributed by atoms with E-state index in [1.807, 2.05) is 0 Å². The molecule has 1 aliphatic rings. The summed E-state index contributed by atoms with van der Waals surface area (Å²) in [5, 5.41) is 0. The van der Waals surface area contributed by atoms with E-state index in [0.29, 0.717) is 21.5 Å². The minimum absolute atomic E-state index is 0.297. The van der Waals surface area contributed by atoms with Crippen molar-refractivity contribution in [3.63, 3.8) is 0 Å². The van der Waals surface area contributed by atoms with Crippen molar-refractivity contribution in [1.29, 1.82) is 0 Å². The molecule has 2 nitrogen and oxygen atoms in total. The summed E-state index contributed by atoms with van der Waals surface area (Å²) >= 11 is 0.297. The summed E-state index contributed by atoms with van der Waals surface area (Å²) in [4.78, 5) is 0. The summed E-state index contributed by atoms with van der Waals surface area (Å²) in [5.41, 5.74) is 0. The molecule has 0 aromatic rings. The zero-order chi connectivity index (χ0) is 6.69. The van der Waals surface area contributed by atoms with Gasteiger partial charge in [-0.2, -0.15) is 0 Å². The maximum absolute atomic E-state index is 5.03. The van der Waals surface area contributed by atoms with Crippen molar-refractivity contribution < 1.29 is 26.2 Å². The first-order valence-electron chi connectivity index (χ1n) is 3.16. The van der Waals surface area contributed by atoms with Crippen molar-refractivity contribution in [1.82, 2.24) is 3.53 Å². The molecule has 0 aromatic heterocycles. The van der Waals surface area contributed by atoms with Crippen LogP contribution < -0.4 is 25.0 Å². The normalized spacial score (nSPS) is 33.1. The molecule has 1 N–H and O–H groups in total. The molecule has 0 aliphatic heterocycles. The van der Waals surface area contributed by atoms with E-state index in [1.54, 1.807) is 7.11 Å². The van der Waals surface area contributed by atoms with E-state index in [1.165, 1.54) is 6.42 Å². The van der Waals surface area contributed by atoms with Crippen molar-refractivity contribution in [2.45, 2.75) is 10.3 Å². The Hall–Kier alpha value is 0.650. The van der Waals surface area contributed by atoms with Crippen molar-refractivity contribution in [2.75, 3.05) is 20.8 Å². The van der Waals surface area contributed by atoms with Crippen LogP contribution in [0.25, 0.3) is 0 Å². The fourth-order valence-electron chi connectivity index (χ4n) is 0.871. The quantitative estimate of drug-likeness (QED) is 0.328. The summed E-state index contributed by atoms with van der Waals surface area (Å²) in [5.74, 6) is 0.898. The first-order valence-corrected chi connectivity index (χ1v) is 5.49. The van der Waals surface area contributed by atoms with Crippen LogP contribution in [0.3, 0.4) is 0 Å². The predicted octanol–water partition coefficient (Wildman–Crippen LogP) is -2.76. The van der Waals surface area contributed by atoms with Crippen molar-refractivity contribution in [2.24, 2.45) is 5.92 Å². The molecule has 1 rings (SSSR count). The Bertz CT molecular complexity index is 79.1. The van der Waals surface area contributed by atoms with E-state index in [0.717, 1.165) is 16.4 Å². The number of alkyl halides is 1. The van der Waals surface area contributed by atoms with Crippen LogP contribution in [0.15, 0.2) is 0 Å². The van der Waals surface area contributed by atoms with Gasteiger partial charge in [-0.1, -0.05) is 0 Å². The fourth-order valence-corrected chi connectivity index (χ4v) is 3.29. The first kappa shape index (κ1) is 7.75. The molecule has 0 radical (unpaired) electrons. The molecule has 1 saturated carbocycles. The van der Waals surface area contributed by atoms with Crippen LogP contribution in [0.1, 0.15) is 6.42 Å². The Morgan fingerprint density at radius 2 is 2.56 bits per heavy atom. The molecule has 9 heavy (non-hydrogen) atoms. The molecule has 0 aromatic carbocycles. The number of rotatable bonds is 4. The standard InChI is InChI=1S/C6H13INO/c1-8-7-6-3-5(6)4-9-2/h5-6,8H,3-4H2,1-2H3/q-1/t5-,6?/m1/s1. The summed E-state index contributed by atoms with van der Waals surface area (Å²) < 4.78 is 9.31. The van der Waals surface area contributed by atoms with Crippen LogP contribution in [0.2, 0.25) is 0 Å². The molecular weight excluding hydrogens is 229 g/mol. The molecular formula is C6H13INO-. The Balaban J connectivity index is 1.96. The third-order valence-corrected chi connectivity index (χ3v) is 4.41. The average molecular weight is 242 g/mol. The van der Waals surface area contributed by atoms with Gasteiger partial charge in [-0.25, -0.2) is 0 Å². The molecule has 0 heterocycles. The van der Waals surface area contributed by atoms with Crippen molar-refractivity contribution in [3.05, 3.63) is 0 Å². The van der Waals surface area contributed by atoms with Crippen molar-refractivity contribution in [3.8, 4) is 0 Å². The van der Waals surface area contributed by atoms with Gasteiger partial charge in [-0.15, -0.1) is 0 Å². The first-order chi connectivity index (χ1) is 4.38. The van der Waals surface area contributed by atoms with Crippen LogP contribution in [0, 0.1) is 5.92 Å². The number of hydrogen-bond donors (Lipinski definition) is 1. The van der Waals surface area contributed by atoms with Gasteiger partial charge in [0.2, 0.25) is 0 Å². The molecule has 0 saturated heterocycles. The van der Waals surface area contributed by atoms with Gasteiger partial charge in [0.25, 0.3) is 0 Å². The average Bonchev–Trinajstić information content (AvgIpc) is 2.50. The molecule has 2 atom stereocenters. The molecule has 0 amide bonds. The summed E-state index contributed by atoms with van der Waals surface area (Å²) in [6.07, 6.45) is 1.40. The molecule has 1 aliphatic carbocycles. The number of hydrogen-bond acceptors (Lipinski definition) is 2. The maximum atomic E-state index is 5.03. The topological polar surface area (TPSA) is 21.3 Å². The predicted molar refractivity (Wildman–Crippen MR) is 32.8 cm³/mol. The number of halogens is 1. The minimum atomic E-state index is 0.297. The van der Waals surface area contributed by atoms with E-state index in [4.69, 9.17) is 4.74 Å². The van der Waals surface area contributed by atoms with Crippen LogP contribution >= 0.6 is 0 Å². The Morgan fingerprint density at radius 3 is 3.11 bits per heavy atom. The van der Waals surface area contributed by atoms with Gasteiger partial charge in [-0.05, 0) is 0 Å². The second-order valence-electron chi connectivity index (χ2n) is 2.27. The zero-order valence-corrected chi connectivity index (χ0v) is 8.01. The van der Waals surface area contributed by atoms with Crippen LogP contribution in [0.4, 0.5) is 0 Å².